The van der Waals surface area contributed by atoms with Crippen LogP contribution in [0.2, 0.25) is 5.02 Å². The van der Waals surface area contributed by atoms with Crippen LogP contribution in [0, 0.1) is 11.7 Å². The lowest BCUT2D eigenvalue weighted by Gasteiger charge is -2.30. The fourth-order valence-corrected chi connectivity index (χ4v) is 5.09. The van der Waals surface area contributed by atoms with Crippen molar-refractivity contribution in [2.45, 2.75) is 58.2 Å². The van der Waals surface area contributed by atoms with Crippen molar-refractivity contribution >= 4 is 46.4 Å². The average Bonchev–Trinajstić information content (AvgIpc) is 3.84. The van der Waals surface area contributed by atoms with Crippen LogP contribution in [0.3, 0.4) is 0 Å². The third-order valence-electron chi connectivity index (χ3n) is 7.39. The molecule has 8 nitrogen and oxygen atoms in total. The first kappa shape index (κ1) is 27.8. The summed E-state index contributed by atoms with van der Waals surface area (Å²) in [6, 6.07) is 10.1. The molecule has 0 aromatic heterocycles. The molecule has 0 bridgehead atoms. The number of fused-ring (bicyclic) bond motifs is 1. The second kappa shape index (κ2) is 11.8. The minimum absolute atomic E-state index is 0.00277. The minimum Gasteiger partial charge on any atom is -0.363 e. The van der Waals surface area contributed by atoms with Crippen molar-refractivity contribution in [2.24, 2.45) is 5.92 Å². The van der Waals surface area contributed by atoms with Gasteiger partial charge in [-0.2, -0.15) is 0 Å². The van der Waals surface area contributed by atoms with Crippen LogP contribution in [-0.2, 0) is 32.3 Å². The highest BCUT2D eigenvalue weighted by Crippen LogP contribution is 2.34. The van der Waals surface area contributed by atoms with Crippen LogP contribution >= 0.6 is 11.6 Å². The number of rotatable bonds is 11. The van der Waals surface area contributed by atoms with Crippen molar-refractivity contribution in [3.8, 4) is 0 Å². The summed E-state index contributed by atoms with van der Waals surface area (Å²) in [6.07, 6.45) is 6.01. The van der Waals surface area contributed by atoms with Crippen molar-refractivity contribution in [3.63, 3.8) is 0 Å². The van der Waals surface area contributed by atoms with E-state index >= 15 is 0 Å². The molecule has 40 heavy (non-hydrogen) atoms. The summed E-state index contributed by atoms with van der Waals surface area (Å²) in [7, 11) is 0. The van der Waals surface area contributed by atoms with Gasteiger partial charge in [-0.1, -0.05) is 29.8 Å². The second-order valence-electron chi connectivity index (χ2n) is 10.8. The molecule has 2 aromatic rings. The number of nitrogens with zero attached hydrogens (tertiary/aromatic N) is 2. The molecular weight excluding hydrogens is 535 g/mol. The maximum Gasteiger partial charge on any atom is 0.242 e. The van der Waals surface area contributed by atoms with Gasteiger partial charge in [0.25, 0.3) is 0 Å². The molecule has 0 atom stereocenters. The van der Waals surface area contributed by atoms with Crippen LogP contribution in [0.1, 0.15) is 55.7 Å². The van der Waals surface area contributed by atoms with Crippen LogP contribution in [0.4, 0.5) is 10.1 Å². The fourth-order valence-electron chi connectivity index (χ4n) is 4.90. The molecule has 3 aliphatic rings. The fraction of sp³-hybridized carbons (Fsp3) is 0.400. The Bertz CT molecular complexity index is 1390. The maximum atomic E-state index is 14.2. The lowest BCUT2D eigenvalue weighted by molar-refractivity contribution is -0.137. The van der Waals surface area contributed by atoms with Crippen molar-refractivity contribution < 1.29 is 23.6 Å². The molecule has 10 heteroatoms. The molecule has 1 heterocycles. The number of benzene rings is 2. The van der Waals surface area contributed by atoms with Crippen molar-refractivity contribution in [2.75, 3.05) is 18.4 Å². The van der Waals surface area contributed by atoms with Gasteiger partial charge in [-0.05, 0) is 67.9 Å². The number of allylic oxidation sites excluding steroid dienone is 1. The van der Waals surface area contributed by atoms with Gasteiger partial charge in [-0.3, -0.25) is 19.2 Å². The number of amides is 3. The second-order valence-corrected chi connectivity index (χ2v) is 11.2. The van der Waals surface area contributed by atoms with E-state index in [0.29, 0.717) is 30.1 Å². The Morgan fingerprint density at radius 3 is 2.55 bits per heavy atom. The minimum atomic E-state index is -0.578. The van der Waals surface area contributed by atoms with Crippen LogP contribution in [0.15, 0.2) is 42.6 Å². The number of carbonyl (C=O) groups excluding carboxylic acids is 4. The van der Waals surface area contributed by atoms with Crippen molar-refractivity contribution in [1.29, 1.82) is 0 Å². The quantitative estimate of drug-likeness (QED) is 0.423. The first-order valence-corrected chi connectivity index (χ1v) is 13.9. The van der Waals surface area contributed by atoms with Crippen LogP contribution in [0.25, 0.3) is 5.57 Å². The summed E-state index contributed by atoms with van der Waals surface area (Å²) in [5.41, 5.74) is 2.99. The lowest BCUT2D eigenvalue weighted by Crippen LogP contribution is -2.45. The Morgan fingerprint density at radius 2 is 1.85 bits per heavy atom. The third-order valence-corrected chi connectivity index (χ3v) is 7.68. The predicted octanol–water partition coefficient (Wildman–Crippen LogP) is 4.27. The van der Waals surface area contributed by atoms with Gasteiger partial charge in [0, 0.05) is 48.6 Å². The van der Waals surface area contributed by atoms with Gasteiger partial charge in [0.2, 0.25) is 17.7 Å². The third kappa shape index (κ3) is 6.88. The normalized spacial score (nSPS) is 16.1. The number of halogens is 2. The number of nitrogens with one attached hydrogen (secondary N) is 2. The molecule has 3 amide bonds. The first-order chi connectivity index (χ1) is 19.2. The van der Waals surface area contributed by atoms with Crippen molar-refractivity contribution in [3.05, 3.63) is 70.1 Å². The largest absolute Gasteiger partial charge is 0.363 e. The van der Waals surface area contributed by atoms with E-state index in [-0.39, 0.29) is 59.8 Å². The highest BCUT2D eigenvalue weighted by atomic mass is 35.5. The van der Waals surface area contributed by atoms with E-state index in [4.69, 9.17) is 11.6 Å². The van der Waals surface area contributed by atoms with Gasteiger partial charge in [0.05, 0.1) is 18.1 Å². The Kier molecular flexibility index (Phi) is 8.21. The predicted molar refractivity (Wildman–Crippen MR) is 149 cm³/mol. The first-order valence-electron chi connectivity index (χ1n) is 13.6. The molecule has 1 aliphatic heterocycles. The summed E-state index contributed by atoms with van der Waals surface area (Å²) in [4.78, 5) is 54.1. The molecular formula is C30H32ClFN4O4. The van der Waals surface area contributed by atoms with Gasteiger partial charge in [-0.15, -0.1) is 0 Å². The molecule has 2 saturated carbocycles. The number of Topliss-reactive ketones (excluding diaryl/α,β-unsaturated/α-hetero) is 1. The van der Waals surface area contributed by atoms with E-state index in [0.717, 1.165) is 36.8 Å². The number of hydrogen-bond acceptors (Lipinski definition) is 5. The number of carbonyl (C=O) groups is 4. The topological polar surface area (TPSA) is 98.8 Å². The molecule has 2 N–H and O–H groups in total. The molecule has 2 fully saturated rings. The van der Waals surface area contributed by atoms with Gasteiger partial charge in [0.1, 0.15) is 5.82 Å². The monoisotopic (exact) mass is 566 g/mol. The van der Waals surface area contributed by atoms with Gasteiger partial charge in [-0.25, -0.2) is 4.39 Å². The summed E-state index contributed by atoms with van der Waals surface area (Å²) < 4.78 is 14.2. The maximum absolute atomic E-state index is 14.2. The van der Waals surface area contributed by atoms with E-state index in [2.05, 4.69) is 10.6 Å². The van der Waals surface area contributed by atoms with Crippen LogP contribution < -0.4 is 10.6 Å². The number of ketones is 1. The lowest BCUT2D eigenvalue weighted by atomic mass is 9.94. The van der Waals surface area contributed by atoms with E-state index in [9.17, 15) is 23.6 Å². The molecule has 2 aliphatic carbocycles. The summed E-state index contributed by atoms with van der Waals surface area (Å²) in [5.74, 6) is -0.889. The Labute approximate surface area is 237 Å². The van der Waals surface area contributed by atoms with Gasteiger partial charge < -0.3 is 20.4 Å². The SMILES string of the molecule is CC(=O)C1=CN(CC(=O)N(CC(=O)NCc2cccc(Cl)c2F)C2CC2)Cc2ccc(NC(=O)CC3CC3)cc21. The molecule has 210 valence electrons. The zero-order valence-corrected chi connectivity index (χ0v) is 23.1. The molecule has 5 rings (SSSR count). The molecule has 0 radical (unpaired) electrons. The number of hydrogen-bond donors (Lipinski definition) is 2. The smallest absolute Gasteiger partial charge is 0.242 e. The molecule has 0 saturated heterocycles. The Morgan fingerprint density at radius 1 is 1.07 bits per heavy atom. The van der Waals surface area contributed by atoms with E-state index < -0.39 is 5.82 Å². The van der Waals surface area contributed by atoms with Gasteiger partial charge >= 0.3 is 0 Å². The zero-order valence-electron chi connectivity index (χ0n) is 22.3. The molecule has 0 unspecified atom stereocenters. The highest BCUT2D eigenvalue weighted by molar-refractivity contribution is 6.30. The average molecular weight is 567 g/mol. The standard InChI is InChI=1S/C30H32ClFN4O4/c1-18(37)25-15-35(14-21-7-8-22(12-24(21)25)34-27(38)11-19-5-6-19)17-29(40)36(23-9-10-23)16-28(39)33-13-20-3-2-4-26(31)30(20)32/h2-4,7-8,12,15,19,23H,5-6,9-11,13-14,16-17H2,1H3,(H,33,39)(H,34,38). The summed E-state index contributed by atoms with van der Waals surface area (Å²) in [6.45, 7) is 1.72. The number of anilines is 1. The van der Waals surface area contributed by atoms with Crippen LogP contribution in [-0.4, -0.2) is 52.4 Å². The molecule has 2 aromatic carbocycles. The van der Waals surface area contributed by atoms with Crippen molar-refractivity contribution in [1.82, 2.24) is 15.1 Å². The van der Waals surface area contributed by atoms with E-state index in [1.165, 1.54) is 13.0 Å². The summed E-state index contributed by atoms with van der Waals surface area (Å²) in [5, 5.41) is 5.59. The van der Waals surface area contributed by atoms with E-state index in [1.54, 1.807) is 28.1 Å². The Balaban J connectivity index is 1.22. The zero-order chi connectivity index (χ0) is 28.4. The van der Waals surface area contributed by atoms with E-state index in [1.807, 2.05) is 18.2 Å². The summed E-state index contributed by atoms with van der Waals surface area (Å²) >= 11 is 5.82. The Hall–Kier alpha value is -3.72. The van der Waals surface area contributed by atoms with Gasteiger partial charge in [0.15, 0.2) is 5.78 Å². The molecule has 0 spiro atoms. The highest BCUT2D eigenvalue weighted by Gasteiger charge is 2.35. The van der Waals surface area contributed by atoms with Crippen LogP contribution in [0.5, 0.6) is 0 Å².